The van der Waals surface area contributed by atoms with Crippen molar-refractivity contribution in [1.29, 1.82) is 0 Å². The molecule has 0 aliphatic carbocycles. The highest BCUT2D eigenvalue weighted by molar-refractivity contribution is 9.10. The van der Waals surface area contributed by atoms with Crippen molar-refractivity contribution in [2.75, 3.05) is 18.6 Å². The lowest BCUT2D eigenvalue weighted by Gasteiger charge is -2.03. The van der Waals surface area contributed by atoms with Crippen LogP contribution in [0.1, 0.15) is 11.1 Å². The summed E-state index contributed by atoms with van der Waals surface area (Å²) in [6, 6.07) is 6.18. The van der Waals surface area contributed by atoms with Crippen molar-refractivity contribution in [3.8, 4) is 0 Å². The van der Waals surface area contributed by atoms with E-state index in [4.69, 9.17) is 0 Å². The minimum atomic E-state index is -2.83. The highest BCUT2D eigenvalue weighted by Crippen LogP contribution is 2.16. The molecule has 0 heterocycles. The number of aryl methyl sites for hydroxylation is 1. The van der Waals surface area contributed by atoms with E-state index in [1.165, 1.54) is 17.4 Å². The van der Waals surface area contributed by atoms with Gasteiger partial charge in [0.15, 0.2) is 9.84 Å². The molecule has 1 aromatic carbocycles. The Kier molecular flexibility index (Phi) is 4.95. The van der Waals surface area contributed by atoms with Crippen molar-refractivity contribution in [3.63, 3.8) is 0 Å². The van der Waals surface area contributed by atoms with Gasteiger partial charge in [-0.1, -0.05) is 22.0 Å². The topological polar surface area (TPSA) is 50.8 Å². The van der Waals surface area contributed by atoms with Gasteiger partial charge < -0.3 is 5.32 Å². The maximum Gasteiger partial charge on any atom is 0.152 e. The summed E-state index contributed by atoms with van der Waals surface area (Å²) in [6.07, 6.45) is 1.27. The SMILES string of the molecule is Cc1cc(C[NH2+]CCS(C)(=O)=O)ccc1Br. The summed E-state index contributed by atoms with van der Waals surface area (Å²) < 4.78 is 22.9. The van der Waals surface area contributed by atoms with Gasteiger partial charge in [0, 0.05) is 16.3 Å². The lowest BCUT2D eigenvalue weighted by atomic mass is 10.1. The molecule has 0 aliphatic rings. The van der Waals surface area contributed by atoms with E-state index < -0.39 is 9.84 Å². The Morgan fingerprint density at radius 3 is 2.62 bits per heavy atom. The van der Waals surface area contributed by atoms with Crippen LogP contribution in [0.5, 0.6) is 0 Å². The van der Waals surface area contributed by atoms with Gasteiger partial charge in [0.2, 0.25) is 0 Å². The van der Waals surface area contributed by atoms with E-state index in [0.717, 1.165) is 11.0 Å². The second-order valence-corrected chi connectivity index (χ2v) is 7.11. The third-order valence-corrected chi connectivity index (χ3v) is 4.16. The molecule has 0 atom stereocenters. The molecule has 0 spiro atoms. The first-order valence-corrected chi connectivity index (χ1v) is 7.98. The molecule has 3 nitrogen and oxygen atoms in total. The van der Waals surface area contributed by atoms with Crippen LogP contribution in [0.15, 0.2) is 22.7 Å². The van der Waals surface area contributed by atoms with Crippen LogP contribution in [0.3, 0.4) is 0 Å². The first-order chi connectivity index (χ1) is 7.38. The summed E-state index contributed by atoms with van der Waals surface area (Å²) in [5, 5.41) is 2.02. The van der Waals surface area contributed by atoms with Crippen molar-refractivity contribution in [2.45, 2.75) is 13.5 Å². The number of benzene rings is 1. The highest BCUT2D eigenvalue weighted by atomic mass is 79.9. The molecule has 1 rings (SSSR count). The first-order valence-electron chi connectivity index (χ1n) is 5.13. The Morgan fingerprint density at radius 2 is 2.06 bits per heavy atom. The fourth-order valence-electron chi connectivity index (χ4n) is 1.40. The Hall–Kier alpha value is -0.390. The average molecular weight is 307 g/mol. The van der Waals surface area contributed by atoms with Crippen LogP contribution in [0.4, 0.5) is 0 Å². The van der Waals surface area contributed by atoms with E-state index in [0.29, 0.717) is 6.54 Å². The molecule has 0 fully saturated rings. The third kappa shape index (κ3) is 5.09. The zero-order valence-electron chi connectivity index (χ0n) is 9.53. The monoisotopic (exact) mass is 306 g/mol. The Balaban J connectivity index is 2.41. The second kappa shape index (κ2) is 5.80. The van der Waals surface area contributed by atoms with E-state index in [1.54, 1.807) is 0 Å². The molecule has 0 unspecified atom stereocenters. The summed E-state index contributed by atoms with van der Waals surface area (Å²) in [5.74, 6) is 0.239. The Bertz CT molecular complexity index is 457. The fourth-order valence-corrected chi connectivity index (χ4v) is 2.24. The molecule has 0 saturated heterocycles. The average Bonchev–Trinajstić information content (AvgIpc) is 2.17. The summed E-state index contributed by atoms with van der Waals surface area (Å²) in [5.41, 5.74) is 2.42. The molecule has 0 radical (unpaired) electrons. The predicted molar refractivity (Wildman–Crippen MR) is 69.1 cm³/mol. The zero-order chi connectivity index (χ0) is 12.2. The molecular weight excluding hydrogens is 290 g/mol. The van der Waals surface area contributed by atoms with Gasteiger partial charge in [-0.3, -0.25) is 0 Å². The van der Waals surface area contributed by atoms with E-state index in [9.17, 15) is 8.42 Å². The number of hydrogen-bond acceptors (Lipinski definition) is 2. The molecule has 0 aromatic heterocycles. The van der Waals surface area contributed by atoms with Gasteiger partial charge in [0.05, 0.1) is 12.3 Å². The molecule has 0 amide bonds. The Labute approximate surface area is 105 Å². The number of sulfone groups is 1. The smallest absolute Gasteiger partial charge is 0.152 e. The van der Waals surface area contributed by atoms with Crippen molar-refractivity contribution in [3.05, 3.63) is 33.8 Å². The van der Waals surface area contributed by atoms with Crippen LogP contribution >= 0.6 is 15.9 Å². The van der Waals surface area contributed by atoms with Crippen LogP contribution < -0.4 is 5.32 Å². The number of hydrogen-bond donors (Lipinski definition) is 1. The predicted octanol–water partition coefficient (Wildman–Crippen LogP) is 0.866. The van der Waals surface area contributed by atoms with Gasteiger partial charge in [0.25, 0.3) is 0 Å². The van der Waals surface area contributed by atoms with Crippen molar-refractivity contribution in [1.82, 2.24) is 0 Å². The molecule has 1 aromatic rings. The second-order valence-electron chi connectivity index (χ2n) is 3.99. The summed E-state index contributed by atoms with van der Waals surface area (Å²) in [7, 11) is -2.83. The quantitative estimate of drug-likeness (QED) is 0.821. The van der Waals surface area contributed by atoms with E-state index in [2.05, 4.69) is 22.0 Å². The zero-order valence-corrected chi connectivity index (χ0v) is 11.9. The van der Waals surface area contributed by atoms with Gasteiger partial charge >= 0.3 is 0 Å². The third-order valence-electron chi connectivity index (χ3n) is 2.30. The first kappa shape index (κ1) is 13.7. The van der Waals surface area contributed by atoms with Crippen LogP contribution in [-0.4, -0.2) is 27.0 Å². The largest absolute Gasteiger partial charge is 0.342 e. The highest BCUT2D eigenvalue weighted by Gasteiger charge is 2.04. The number of halogens is 1. The minimum Gasteiger partial charge on any atom is -0.342 e. The number of nitrogens with two attached hydrogens (primary N) is 1. The number of rotatable bonds is 5. The van der Waals surface area contributed by atoms with Gasteiger partial charge in [-0.2, -0.15) is 0 Å². The van der Waals surface area contributed by atoms with Gasteiger partial charge in [-0.05, 0) is 24.6 Å². The van der Waals surface area contributed by atoms with Crippen molar-refractivity contribution >= 4 is 25.8 Å². The van der Waals surface area contributed by atoms with E-state index >= 15 is 0 Å². The van der Waals surface area contributed by atoms with E-state index in [-0.39, 0.29) is 5.75 Å². The van der Waals surface area contributed by atoms with Crippen LogP contribution in [0, 0.1) is 6.92 Å². The van der Waals surface area contributed by atoms with Crippen LogP contribution in [0.25, 0.3) is 0 Å². The summed E-state index contributed by atoms with van der Waals surface area (Å²) >= 11 is 3.45. The lowest BCUT2D eigenvalue weighted by molar-refractivity contribution is -0.666. The summed E-state index contributed by atoms with van der Waals surface area (Å²) in [4.78, 5) is 0. The van der Waals surface area contributed by atoms with Crippen LogP contribution in [-0.2, 0) is 16.4 Å². The van der Waals surface area contributed by atoms with Gasteiger partial charge in [-0.25, -0.2) is 8.42 Å². The standard InChI is InChI=1S/C11H16BrNO2S/c1-9-7-10(3-4-11(9)12)8-13-5-6-16(2,14)15/h3-4,7,13H,5-6,8H2,1-2H3/p+1. The van der Waals surface area contributed by atoms with Crippen LogP contribution in [0.2, 0.25) is 0 Å². The minimum absolute atomic E-state index is 0.239. The maximum atomic E-state index is 10.9. The molecule has 90 valence electrons. The lowest BCUT2D eigenvalue weighted by Crippen LogP contribution is -2.83. The normalized spacial score (nSPS) is 11.7. The Morgan fingerprint density at radius 1 is 1.38 bits per heavy atom. The van der Waals surface area contributed by atoms with Gasteiger partial charge in [-0.15, -0.1) is 0 Å². The maximum absolute atomic E-state index is 10.9. The molecule has 0 aliphatic heterocycles. The van der Waals surface area contributed by atoms with E-state index in [1.807, 2.05) is 24.4 Å². The summed E-state index contributed by atoms with van der Waals surface area (Å²) in [6.45, 7) is 3.49. The molecule has 0 saturated carbocycles. The van der Waals surface area contributed by atoms with Gasteiger partial charge in [0.1, 0.15) is 6.54 Å². The molecule has 5 heteroatoms. The number of quaternary nitrogens is 1. The molecule has 0 bridgehead atoms. The fraction of sp³-hybridized carbons (Fsp3) is 0.455. The van der Waals surface area contributed by atoms with Crippen molar-refractivity contribution < 1.29 is 13.7 Å². The molecule has 16 heavy (non-hydrogen) atoms. The van der Waals surface area contributed by atoms with Crippen molar-refractivity contribution in [2.24, 2.45) is 0 Å². The molecular formula is C11H17BrNO2S+. The molecule has 2 N–H and O–H groups in total.